The van der Waals surface area contributed by atoms with Crippen molar-refractivity contribution in [2.24, 2.45) is 0 Å². The quantitative estimate of drug-likeness (QED) is 0.296. The summed E-state index contributed by atoms with van der Waals surface area (Å²) in [5.74, 6) is 0.413. The number of nitrogens with zero attached hydrogens (tertiary/aromatic N) is 7. The Kier molecular flexibility index (Phi) is 7.03. The number of aromatic nitrogens is 5. The molecule has 5 aromatic rings. The predicted octanol–water partition coefficient (Wildman–Crippen LogP) is 4.76. The summed E-state index contributed by atoms with van der Waals surface area (Å²) in [6.45, 7) is 2.97. The molecule has 2 amide bonds. The molecule has 1 aromatic carbocycles. The number of imidazole rings is 1. The predicted molar refractivity (Wildman–Crippen MR) is 157 cm³/mol. The van der Waals surface area contributed by atoms with Gasteiger partial charge in [0.25, 0.3) is 11.8 Å². The van der Waals surface area contributed by atoms with Crippen molar-refractivity contribution in [3.8, 4) is 5.75 Å². The molecule has 2 aliphatic rings. The van der Waals surface area contributed by atoms with Gasteiger partial charge in [0.15, 0.2) is 0 Å². The van der Waals surface area contributed by atoms with Crippen molar-refractivity contribution in [1.82, 2.24) is 33.9 Å². The molecule has 10 nitrogen and oxygen atoms in total. The number of benzene rings is 1. The summed E-state index contributed by atoms with van der Waals surface area (Å²) in [6, 6.07) is 15.3. The Morgan fingerprint density at radius 3 is 2.48 bits per heavy atom. The van der Waals surface area contributed by atoms with Crippen molar-refractivity contribution in [3.63, 3.8) is 0 Å². The van der Waals surface area contributed by atoms with Gasteiger partial charge >= 0.3 is 0 Å². The van der Waals surface area contributed by atoms with Gasteiger partial charge in [0.1, 0.15) is 23.7 Å². The Balaban J connectivity index is 1.16. The van der Waals surface area contributed by atoms with E-state index in [0.29, 0.717) is 47.6 Å². The normalized spacial score (nSPS) is 16.3. The van der Waals surface area contributed by atoms with Crippen molar-refractivity contribution < 1.29 is 14.3 Å². The fraction of sp³-hybridized carbons (Fsp3) is 0.344. The molecule has 0 unspecified atom stereocenters. The van der Waals surface area contributed by atoms with Crippen molar-refractivity contribution in [3.05, 3.63) is 90.3 Å². The van der Waals surface area contributed by atoms with E-state index in [1.807, 2.05) is 79.9 Å². The second-order valence-electron chi connectivity index (χ2n) is 11.1. The lowest BCUT2D eigenvalue weighted by Crippen LogP contribution is -2.40. The number of amides is 2. The summed E-state index contributed by atoms with van der Waals surface area (Å²) >= 11 is 0. The van der Waals surface area contributed by atoms with Crippen molar-refractivity contribution in [2.75, 3.05) is 26.2 Å². The van der Waals surface area contributed by atoms with Crippen LogP contribution in [0.2, 0.25) is 0 Å². The molecule has 0 atom stereocenters. The maximum atomic E-state index is 13.8. The van der Waals surface area contributed by atoms with Crippen LogP contribution in [0.4, 0.5) is 0 Å². The number of piperidine rings is 2. The van der Waals surface area contributed by atoms with Crippen LogP contribution in [0.15, 0.2) is 73.3 Å². The van der Waals surface area contributed by atoms with Crippen LogP contribution in [0.3, 0.4) is 0 Å². The van der Waals surface area contributed by atoms with Gasteiger partial charge < -0.3 is 18.9 Å². The Bertz CT molecular complexity index is 1700. The maximum absolute atomic E-state index is 13.8. The number of pyridine rings is 2. The molecule has 10 heteroatoms. The first-order valence-corrected chi connectivity index (χ1v) is 14.7. The van der Waals surface area contributed by atoms with Gasteiger partial charge in [-0.15, -0.1) is 0 Å². The molecule has 6 heterocycles. The molecule has 0 bridgehead atoms. The second kappa shape index (κ2) is 11.3. The molecule has 0 saturated carbocycles. The fourth-order valence-corrected chi connectivity index (χ4v) is 6.05. The van der Waals surface area contributed by atoms with Gasteiger partial charge in [-0.3, -0.25) is 14.3 Å². The molecule has 4 aromatic heterocycles. The second-order valence-corrected chi connectivity index (χ2v) is 11.1. The standard InChI is InChI=1S/C32H33N7O3/c40-31(36-13-3-1-4-14-36)27-20-29(32(41)37-17-10-24(11-18-37)39-16-6-12-33-39)35-28-9-8-25(19-26(27)28)42-22-23-21-38-15-5-2-7-30(38)34-23/h2,5-9,12,15-16,19-21,24H,1,3-4,10-11,13-14,17-18,22H2. The molecule has 2 fully saturated rings. The number of carbonyl (C=O) groups is 2. The van der Waals surface area contributed by atoms with Crippen LogP contribution in [0.1, 0.15) is 64.7 Å². The number of carbonyl (C=O) groups excluding carboxylic acids is 2. The Hall–Kier alpha value is -4.73. The van der Waals surface area contributed by atoms with Crippen molar-refractivity contribution >= 4 is 28.4 Å². The Labute approximate surface area is 243 Å². The van der Waals surface area contributed by atoms with Gasteiger partial charge in [0.2, 0.25) is 0 Å². The molecule has 2 aliphatic heterocycles. The highest BCUT2D eigenvalue weighted by molar-refractivity contribution is 6.09. The number of likely N-dealkylation sites (tertiary alicyclic amines) is 2. The number of hydrogen-bond acceptors (Lipinski definition) is 6. The zero-order chi connectivity index (χ0) is 28.5. The van der Waals surface area contributed by atoms with E-state index in [9.17, 15) is 9.59 Å². The van der Waals surface area contributed by atoms with E-state index in [1.54, 1.807) is 12.3 Å². The first-order valence-electron chi connectivity index (χ1n) is 14.7. The summed E-state index contributed by atoms with van der Waals surface area (Å²) in [7, 11) is 0. The summed E-state index contributed by atoms with van der Waals surface area (Å²) in [4.78, 5) is 40.6. The van der Waals surface area contributed by atoms with Crippen LogP contribution in [0.25, 0.3) is 16.6 Å². The zero-order valence-electron chi connectivity index (χ0n) is 23.4. The van der Waals surface area contributed by atoms with Gasteiger partial charge in [-0.05, 0) is 74.6 Å². The molecular weight excluding hydrogens is 530 g/mol. The van der Waals surface area contributed by atoms with Gasteiger partial charge in [0.05, 0.1) is 22.8 Å². The number of ether oxygens (including phenoxy) is 1. The Morgan fingerprint density at radius 2 is 1.69 bits per heavy atom. The lowest BCUT2D eigenvalue weighted by molar-refractivity contribution is 0.0684. The van der Waals surface area contributed by atoms with E-state index in [2.05, 4.69) is 10.1 Å². The van der Waals surface area contributed by atoms with Gasteiger partial charge in [-0.25, -0.2) is 9.97 Å². The van der Waals surface area contributed by atoms with Gasteiger partial charge in [-0.1, -0.05) is 6.07 Å². The smallest absolute Gasteiger partial charge is 0.272 e. The number of hydrogen-bond donors (Lipinski definition) is 0. The zero-order valence-corrected chi connectivity index (χ0v) is 23.4. The average Bonchev–Trinajstić information content (AvgIpc) is 3.74. The molecule has 7 rings (SSSR count). The molecule has 0 spiro atoms. The van der Waals surface area contributed by atoms with E-state index >= 15 is 0 Å². The third-order valence-corrected chi connectivity index (χ3v) is 8.32. The molecule has 42 heavy (non-hydrogen) atoms. The lowest BCUT2D eigenvalue weighted by atomic mass is 10.0. The van der Waals surface area contributed by atoms with Crippen LogP contribution in [-0.4, -0.2) is 71.9 Å². The minimum atomic E-state index is -0.143. The summed E-state index contributed by atoms with van der Waals surface area (Å²) in [6.07, 6.45) is 12.4. The minimum absolute atomic E-state index is 0.0639. The molecule has 0 radical (unpaired) electrons. The minimum Gasteiger partial charge on any atom is -0.487 e. The third-order valence-electron chi connectivity index (χ3n) is 8.32. The SMILES string of the molecule is O=C(c1cc(C(=O)N2CCCCC2)c2cc(OCc3cn4ccccc4n3)ccc2n1)N1CCC(n2cccn2)CC1. The molecule has 0 N–H and O–H groups in total. The third kappa shape index (κ3) is 5.20. The van der Waals surface area contributed by atoms with Gasteiger partial charge in [0, 0.05) is 56.4 Å². The topological polar surface area (TPSA) is 97.9 Å². The summed E-state index contributed by atoms with van der Waals surface area (Å²) in [5, 5.41) is 5.06. The lowest BCUT2D eigenvalue weighted by Gasteiger charge is -2.32. The maximum Gasteiger partial charge on any atom is 0.272 e. The van der Waals surface area contributed by atoms with Crippen LogP contribution in [-0.2, 0) is 6.61 Å². The molecular formula is C32H33N7O3. The summed E-state index contributed by atoms with van der Waals surface area (Å²) < 4.78 is 10.0. The molecule has 2 saturated heterocycles. The van der Waals surface area contributed by atoms with Crippen LogP contribution in [0.5, 0.6) is 5.75 Å². The highest BCUT2D eigenvalue weighted by Gasteiger charge is 2.28. The number of fused-ring (bicyclic) bond motifs is 2. The Morgan fingerprint density at radius 1 is 0.857 bits per heavy atom. The monoisotopic (exact) mass is 563 g/mol. The average molecular weight is 564 g/mol. The largest absolute Gasteiger partial charge is 0.487 e. The first-order chi connectivity index (χ1) is 20.6. The van der Waals surface area contributed by atoms with Crippen LogP contribution in [0, 0.1) is 0 Å². The van der Waals surface area contributed by atoms with Crippen LogP contribution < -0.4 is 4.74 Å². The van der Waals surface area contributed by atoms with Gasteiger partial charge in [-0.2, -0.15) is 5.10 Å². The fourth-order valence-electron chi connectivity index (χ4n) is 6.05. The molecule has 214 valence electrons. The van der Waals surface area contributed by atoms with E-state index in [1.165, 1.54) is 0 Å². The highest BCUT2D eigenvalue weighted by atomic mass is 16.5. The first kappa shape index (κ1) is 26.2. The summed E-state index contributed by atoms with van der Waals surface area (Å²) in [5.41, 5.74) is 3.07. The number of rotatable bonds is 6. The van der Waals surface area contributed by atoms with E-state index in [4.69, 9.17) is 9.72 Å². The van der Waals surface area contributed by atoms with E-state index < -0.39 is 0 Å². The van der Waals surface area contributed by atoms with Crippen molar-refractivity contribution in [2.45, 2.75) is 44.8 Å². The van der Waals surface area contributed by atoms with Crippen molar-refractivity contribution in [1.29, 1.82) is 0 Å². The van der Waals surface area contributed by atoms with E-state index in [-0.39, 0.29) is 17.9 Å². The molecule has 0 aliphatic carbocycles. The van der Waals surface area contributed by atoms with E-state index in [0.717, 1.165) is 56.5 Å². The highest BCUT2D eigenvalue weighted by Crippen LogP contribution is 2.28. The van der Waals surface area contributed by atoms with Crippen LogP contribution >= 0.6 is 0 Å².